The summed E-state index contributed by atoms with van der Waals surface area (Å²) in [7, 11) is 0. The lowest BCUT2D eigenvalue weighted by atomic mass is 10.1. The Morgan fingerprint density at radius 1 is 1.21 bits per heavy atom. The second-order valence-electron chi connectivity index (χ2n) is 4.62. The summed E-state index contributed by atoms with van der Waals surface area (Å²) in [5.41, 5.74) is 1.67. The van der Waals surface area contributed by atoms with Crippen LogP contribution in [0.4, 0.5) is 5.82 Å². The number of aromatic nitrogens is 1. The van der Waals surface area contributed by atoms with Crippen LogP contribution in [0.25, 0.3) is 0 Å². The second kappa shape index (κ2) is 8.51. The fraction of sp³-hybridized carbons (Fsp3) is 0.600. The molecule has 1 rings (SSSR count). The maximum absolute atomic E-state index is 12.1. The molecule has 4 nitrogen and oxygen atoms in total. The van der Waals surface area contributed by atoms with Gasteiger partial charge >= 0.3 is 0 Å². The molecule has 1 aromatic rings. The van der Waals surface area contributed by atoms with E-state index in [1.54, 1.807) is 0 Å². The number of amides is 1. The van der Waals surface area contributed by atoms with Crippen LogP contribution >= 0.6 is 0 Å². The summed E-state index contributed by atoms with van der Waals surface area (Å²) in [6, 6.07) is 3.72. The van der Waals surface area contributed by atoms with Gasteiger partial charge in [0.1, 0.15) is 5.82 Å². The largest absolute Gasteiger partial charge is 0.370 e. The lowest BCUT2D eigenvalue weighted by Crippen LogP contribution is -2.24. The van der Waals surface area contributed by atoms with Crippen molar-refractivity contribution in [1.82, 2.24) is 10.3 Å². The van der Waals surface area contributed by atoms with Crippen LogP contribution in [0, 0.1) is 0 Å². The van der Waals surface area contributed by atoms with E-state index in [0.717, 1.165) is 50.3 Å². The predicted molar refractivity (Wildman–Crippen MR) is 79.6 cm³/mol. The highest BCUT2D eigenvalue weighted by atomic mass is 16.1. The van der Waals surface area contributed by atoms with Gasteiger partial charge in [-0.1, -0.05) is 26.7 Å². The Bertz CT molecular complexity index is 380. The van der Waals surface area contributed by atoms with Gasteiger partial charge in [0.25, 0.3) is 5.91 Å². The van der Waals surface area contributed by atoms with E-state index in [4.69, 9.17) is 0 Å². The highest BCUT2D eigenvalue weighted by molar-refractivity contribution is 5.95. The summed E-state index contributed by atoms with van der Waals surface area (Å²) < 4.78 is 0. The number of unbranched alkanes of at least 4 members (excludes halogenated alkanes) is 1. The summed E-state index contributed by atoms with van der Waals surface area (Å²) in [6.07, 6.45) is 4.02. The molecule has 0 spiro atoms. The SMILES string of the molecule is CCCCNC(=O)c1cc(CCC)nc(NCC)c1. The van der Waals surface area contributed by atoms with Gasteiger partial charge in [-0.25, -0.2) is 4.98 Å². The number of hydrogen-bond donors (Lipinski definition) is 2. The lowest BCUT2D eigenvalue weighted by Gasteiger charge is -2.10. The van der Waals surface area contributed by atoms with Gasteiger partial charge in [0, 0.05) is 24.3 Å². The molecule has 0 fully saturated rings. The van der Waals surface area contributed by atoms with Crippen LogP contribution in [0.15, 0.2) is 12.1 Å². The molecule has 0 bridgehead atoms. The Morgan fingerprint density at radius 3 is 2.63 bits per heavy atom. The van der Waals surface area contributed by atoms with E-state index in [-0.39, 0.29) is 5.91 Å². The van der Waals surface area contributed by atoms with Crippen molar-refractivity contribution in [2.45, 2.75) is 46.5 Å². The third-order valence-electron chi connectivity index (χ3n) is 2.82. The maximum atomic E-state index is 12.1. The van der Waals surface area contributed by atoms with Crippen LogP contribution in [-0.4, -0.2) is 24.0 Å². The van der Waals surface area contributed by atoms with E-state index >= 15 is 0 Å². The third kappa shape index (κ3) is 5.28. The van der Waals surface area contributed by atoms with E-state index in [1.807, 2.05) is 19.1 Å². The monoisotopic (exact) mass is 263 g/mol. The predicted octanol–water partition coefficient (Wildman–Crippen LogP) is 3.00. The number of carbonyl (C=O) groups excluding carboxylic acids is 1. The summed E-state index contributed by atoms with van der Waals surface area (Å²) in [6.45, 7) is 7.79. The summed E-state index contributed by atoms with van der Waals surface area (Å²) in [5, 5.41) is 6.12. The molecule has 106 valence electrons. The minimum atomic E-state index is -0.00708. The molecule has 4 heteroatoms. The van der Waals surface area contributed by atoms with Crippen molar-refractivity contribution < 1.29 is 4.79 Å². The van der Waals surface area contributed by atoms with E-state index in [1.165, 1.54) is 0 Å². The van der Waals surface area contributed by atoms with E-state index < -0.39 is 0 Å². The van der Waals surface area contributed by atoms with Crippen molar-refractivity contribution in [1.29, 1.82) is 0 Å². The molecule has 1 amide bonds. The van der Waals surface area contributed by atoms with Crippen LogP contribution in [0.2, 0.25) is 0 Å². The van der Waals surface area contributed by atoms with Gasteiger partial charge in [0.2, 0.25) is 0 Å². The molecule has 1 heterocycles. The molecule has 0 saturated heterocycles. The number of aryl methyl sites for hydroxylation is 1. The van der Waals surface area contributed by atoms with Crippen molar-refractivity contribution in [3.05, 3.63) is 23.4 Å². The molecular weight excluding hydrogens is 238 g/mol. The Balaban J connectivity index is 2.82. The molecule has 2 N–H and O–H groups in total. The topological polar surface area (TPSA) is 54.0 Å². The molecule has 0 aliphatic rings. The first-order chi connectivity index (χ1) is 9.21. The van der Waals surface area contributed by atoms with Gasteiger partial charge in [0.15, 0.2) is 0 Å². The molecular formula is C15H25N3O. The highest BCUT2D eigenvalue weighted by Crippen LogP contribution is 2.12. The van der Waals surface area contributed by atoms with Crippen LogP contribution in [0.5, 0.6) is 0 Å². The molecule has 0 saturated carbocycles. The standard InChI is InChI=1S/C15H25N3O/c1-4-7-9-17-15(19)12-10-13(8-5-2)18-14(11-12)16-6-3/h10-11H,4-9H2,1-3H3,(H,16,18)(H,17,19). The fourth-order valence-corrected chi connectivity index (χ4v) is 1.86. The first-order valence-corrected chi connectivity index (χ1v) is 7.24. The van der Waals surface area contributed by atoms with E-state index in [0.29, 0.717) is 5.56 Å². The number of rotatable bonds is 8. The molecule has 19 heavy (non-hydrogen) atoms. The van der Waals surface area contributed by atoms with Gasteiger partial charge in [-0.15, -0.1) is 0 Å². The maximum Gasteiger partial charge on any atom is 0.251 e. The van der Waals surface area contributed by atoms with Gasteiger partial charge < -0.3 is 10.6 Å². The van der Waals surface area contributed by atoms with Gasteiger partial charge in [0.05, 0.1) is 0 Å². The van der Waals surface area contributed by atoms with Crippen molar-refractivity contribution in [3.63, 3.8) is 0 Å². The van der Waals surface area contributed by atoms with E-state index in [9.17, 15) is 4.79 Å². The van der Waals surface area contributed by atoms with Crippen molar-refractivity contribution in [2.24, 2.45) is 0 Å². The van der Waals surface area contributed by atoms with Crippen LogP contribution in [0.1, 0.15) is 56.1 Å². The Hall–Kier alpha value is -1.58. The third-order valence-corrected chi connectivity index (χ3v) is 2.82. The van der Waals surface area contributed by atoms with Gasteiger partial charge in [-0.3, -0.25) is 4.79 Å². The average Bonchev–Trinajstić information content (AvgIpc) is 2.39. The lowest BCUT2D eigenvalue weighted by molar-refractivity contribution is 0.0953. The molecule has 0 aromatic carbocycles. The normalized spacial score (nSPS) is 10.3. The summed E-state index contributed by atoms with van der Waals surface area (Å²) in [5.74, 6) is 0.779. The number of pyridine rings is 1. The molecule has 0 aliphatic heterocycles. The Labute approximate surface area is 116 Å². The molecule has 0 radical (unpaired) electrons. The minimum Gasteiger partial charge on any atom is -0.370 e. The van der Waals surface area contributed by atoms with Crippen LogP contribution in [-0.2, 0) is 6.42 Å². The molecule has 1 aromatic heterocycles. The van der Waals surface area contributed by atoms with Crippen molar-refractivity contribution in [2.75, 3.05) is 18.4 Å². The molecule has 0 unspecified atom stereocenters. The van der Waals surface area contributed by atoms with E-state index in [2.05, 4.69) is 29.5 Å². The smallest absolute Gasteiger partial charge is 0.251 e. The van der Waals surface area contributed by atoms with Crippen molar-refractivity contribution in [3.8, 4) is 0 Å². The zero-order valence-corrected chi connectivity index (χ0v) is 12.3. The Kier molecular flexibility index (Phi) is 6.93. The number of nitrogens with one attached hydrogen (secondary N) is 2. The number of carbonyl (C=O) groups is 1. The highest BCUT2D eigenvalue weighted by Gasteiger charge is 2.09. The quantitative estimate of drug-likeness (QED) is 0.709. The van der Waals surface area contributed by atoms with Crippen LogP contribution in [0.3, 0.4) is 0 Å². The van der Waals surface area contributed by atoms with Crippen molar-refractivity contribution >= 4 is 11.7 Å². The van der Waals surface area contributed by atoms with Gasteiger partial charge in [-0.05, 0) is 31.9 Å². The zero-order valence-electron chi connectivity index (χ0n) is 12.3. The Morgan fingerprint density at radius 2 is 2.00 bits per heavy atom. The number of anilines is 1. The summed E-state index contributed by atoms with van der Waals surface area (Å²) >= 11 is 0. The summed E-state index contributed by atoms with van der Waals surface area (Å²) in [4.78, 5) is 16.6. The minimum absolute atomic E-state index is 0.00708. The van der Waals surface area contributed by atoms with Gasteiger partial charge in [-0.2, -0.15) is 0 Å². The number of nitrogens with zero attached hydrogens (tertiary/aromatic N) is 1. The second-order valence-corrected chi connectivity index (χ2v) is 4.62. The average molecular weight is 263 g/mol. The van der Waals surface area contributed by atoms with Crippen LogP contribution < -0.4 is 10.6 Å². The molecule has 0 aliphatic carbocycles. The first-order valence-electron chi connectivity index (χ1n) is 7.24. The first kappa shape index (κ1) is 15.5. The number of hydrogen-bond acceptors (Lipinski definition) is 3. The zero-order chi connectivity index (χ0) is 14.1. The molecule has 0 atom stereocenters. The fourth-order valence-electron chi connectivity index (χ4n) is 1.86.